The first-order valence-corrected chi connectivity index (χ1v) is 7.31. The smallest absolute Gasteiger partial charge is 0.269 e. The number of hydrogen-bond donors (Lipinski definition) is 1. The van der Waals surface area contributed by atoms with Crippen LogP contribution in [0.1, 0.15) is 31.7 Å². The molecule has 1 heterocycles. The summed E-state index contributed by atoms with van der Waals surface area (Å²) in [7, 11) is 0. The summed E-state index contributed by atoms with van der Waals surface area (Å²) in [5.41, 5.74) is 2.06. The highest BCUT2D eigenvalue weighted by atomic mass is 16.6. The molecule has 0 aromatic heterocycles. The minimum Gasteiger partial charge on any atom is -0.383 e. The summed E-state index contributed by atoms with van der Waals surface area (Å²) in [5, 5.41) is 14.1. The van der Waals surface area contributed by atoms with Crippen molar-refractivity contribution in [3.05, 3.63) is 33.9 Å². The zero-order valence-corrected chi connectivity index (χ0v) is 12.3. The SMILES string of the molecule is Cc1cc([N+](=O)[O-])ccc1NCC(C)N1CCCCC1. The summed E-state index contributed by atoms with van der Waals surface area (Å²) in [6.07, 6.45) is 3.93. The second-order valence-corrected chi connectivity index (χ2v) is 5.58. The molecule has 0 aliphatic carbocycles. The van der Waals surface area contributed by atoms with Crippen LogP contribution in [-0.2, 0) is 0 Å². The van der Waals surface area contributed by atoms with Gasteiger partial charge in [0.1, 0.15) is 0 Å². The summed E-state index contributed by atoms with van der Waals surface area (Å²) >= 11 is 0. The van der Waals surface area contributed by atoms with E-state index >= 15 is 0 Å². The van der Waals surface area contributed by atoms with Crippen LogP contribution in [0.4, 0.5) is 11.4 Å². The number of hydrogen-bond acceptors (Lipinski definition) is 4. The fraction of sp³-hybridized carbons (Fsp3) is 0.600. The molecule has 0 spiro atoms. The van der Waals surface area contributed by atoms with E-state index in [9.17, 15) is 10.1 Å². The first-order chi connectivity index (χ1) is 9.58. The molecule has 1 N–H and O–H groups in total. The van der Waals surface area contributed by atoms with E-state index in [0.29, 0.717) is 6.04 Å². The molecule has 1 fully saturated rings. The van der Waals surface area contributed by atoms with Gasteiger partial charge in [0, 0.05) is 30.4 Å². The molecule has 1 aliphatic rings. The van der Waals surface area contributed by atoms with Crippen LogP contribution in [0.25, 0.3) is 0 Å². The Labute approximate surface area is 120 Å². The Kier molecular flexibility index (Phi) is 4.95. The van der Waals surface area contributed by atoms with E-state index in [2.05, 4.69) is 17.1 Å². The molecule has 2 rings (SSSR count). The maximum absolute atomic E-state index is 10.7. The van der Waals surface area contributed by atoms with Crippen LogP contribution in [-0.4, -0.2) is 35.5 Å². The number of nitro groups is 1. The first-order valence-electron chi connectivity index (χ1n) is 7.31. The number of rotatable bonds is 5. The Morgan fingerprint density at radius 1 is 1.35 bits per heavy atom. The molecular formula is C15H23N3O2. The molecule has 1 aromatic rings. The molecule has 110 valence electrons. The third-order valence-electron chi connectivity index (χ3n) is 4.02. The lowest BCUT2D eigenvalue weighted by Gasteiger charge is -2.32. The van der Waals surface area contributed by atoms with Crippen molar-refractivity contribution >= 4 is 11.4 Å². The van der Waals surface area contributed by atoms with Gasteiger partial charge in [0.05, 0.1) is 4.92 Å². The lowest BCUT2D eigenvalue weighted by Crippen LogP contribution is -2.41. The van der Waals surface area contributed by atoms with E-state index in [0.717, 1.165) is 17.8 Å². The lowest BCUT2D eigenvalue weighted by atomic mass is 10.1. The van der Waals surface area contributed by atoms with Gasteiger partial charge in [-0.2, -0.15) is 0 Å². The summed E-state index contributed by atoms with van der Waals surface area (Å²) in [6.45, 7) is 7.38. The molecule has 0 saturated carbocycles. The predicted molar refractivity (Wildman–Crippen MR) is 81.2 cm³/mol. The minimum absolute atomic E-state index is 0.150. The van der Waals surface area contributed by atoms with Gasteiger partial charge in [0.25, 0.3) is 5.69 Å². The molecule has 1 saturated heterocycles. The molecular weight excluding hydrogens is 254 g/mol. The molecule has 0 amide bonds. The number of benzene rings is 1. The molecule has 20 heavy (non-hydrogen) atoms. The van der Waals surface area contributed by atoms with Crippen molar-refractivity contribution in [2.45, 2.75) is 39.2 Å². The highest BCUT2D eigenvalue weighted by molar-refractivity contribution is 5.55. The van der Waals surface area contributed by atoms with Gasteiger partial charge >= 0.3 is 0 Å². The molecule has 1 aliphatic heterocycles. The topological polar surface area (TPSA) is 58.4 Å². The number of nitrogens with one attached hydrogen (secondary N) is 1. The first kappa shape index (κ1) is 14.8. The number of likely N-dealkylation sites (tertiary alicyclic amines) is 1. The van der Waals surface area contributed by atoms with Crippen molar-refractivity contribution in [3.8, 4) is 0 Å². The van der Waals surface area contributed by atoms with Crippen molar-refractivity contribution in [2.75, 3.05) is 25.0 Å². The van der Waals surface area contributed by atoms with E-state index in [1.165, 1.54) is 32.4 Å². The van der Waals surface area contributed by atoms with Crippen molar-refractivity contribution in [1.82, 2.24) is 4.90 Å². The van der Waals surface area contributed by atoms with Gasteiger partial charge in [0.2, 0.25) is 0 Å². The Morgan fingerprint density at radius 3 is 2.65 bits per heavy atom. The molecule has 1 aromatic carbocycles. The monoisotopic (exact) mass is 277 g/mol. The molecule has 1 unspecified atom stereocenters. The number of nitro benzene ring substituents is 1. The van der Waals surface area contributed by atoms with Crippen molar-refractivity contribution < 1.29 is 4.92 Å². The van der Waals surface area contributed by atoms with Gasteiger partial charge < -0.3 is 5.32 Å². The number of anilines is 1. The minimum atomic E-state index is -0.354. The molecule has 0 radical (unpaired) electrons. The van der Waals surface area contributed by atoms with E-state index in [1.54, 1.807) is 18.2 Å². The summed E-state index contributed by atoms with van der Waals surface area (Å²) in [5.74, 6) is 0. The van der Waals surface area contributed by atoms with Gasteiger partial charge in [-0.1, -0.05) is 6.42 Å². The average molecular weight is 277 g/mol. The normalized spacial score (nSPS) is 17.7. The van der Waals surface area contributed by atoms with E-state index in [4.69, 9.17) is 0 Å². The van der Waals surface area contributed by atoms with Crippen LogP contribution in [0.2, 0.25) is 0 Å². The quantitative estimate of drug-likeness (QED) is 0.663. The second-order valence-electron chi connectivity index (χ2n) is 5.58. The second kappa shape index (κ2) is 6.70. The maximum Gasteiger partial charge on any atom is 0.269 e. The standard InChI is InChI=1S/C15H23N3O2/c1-12-10-14(18(19)20)6-7-15(12)16-11-13(2)17-8-4-3-5-9-17/h6-7,10,13,16H,3-5,8-9,11H2,1-2H3. The van der Waals surface area contributed by atoms with Gasteiger partial charge in [-0.05, 0) is 51.4 Å². The van der Waals surface area contributed by atoms with Gasteiger partial charge in [-0.3, -0.25) is 15.0 Å². The lowest BCUT2D eigenvalue weighted by molar-refractivity contribution is -0.384. The zero-order valence-electron chi connectivity index (χ0n) is 12.3. The fourth-order valence-corrected chi connectivity index (χ4v) is 2.71. The maximum atomic E-state index is 10.7. The largest absolute Gasteiger partial charge is 0.383 e. The summed E-state index contributed by atoms with van der Waals surface area (Å²) in [6, 6.07) is 5.47. The van der Waals surface area contributed by atoms with Crippen LogP contribution in [0.5, 0.6) is 0 Å². The number of non-ortho nitro benzene ring substituents is 1. The molecule has 5 nitrogen and oxygen atoms in total. The number of aryl methyl sites for hydroxylation is 1. The highest BCUT2D eigenvalue weighted by Gasteiger charge is 2.16. The Bertz CT molecular complexity index is 470. The Hall–Kier alpha value is -1.62. The summed E-state index contributed by atoms with van der Waals surface area (Å²) in [4.78, 5) is 12.9. The van der Waals surface area contributed by atoms with Crippen LogP contribution in [0.3, 0.4) is 0 Å². The average Bonchev–Trinajstić information content (AvgIpc) is 2.46. The van der Waals surface area contributed by atoms with Crippen LogP contribution in [0, 0.1) is 17.0 Å². The summed E-state index contributed by atoms with van der Waals surface area (Å²) < 4.78 is 0. The van der Waals surface area contributed by atoms with E-state index in [-0.39, 0.29) is 10.6 Å². The number of nitrogens with zero attached hydrogens (tertiary/aromatic N) is 2. The Morgan fingerprint density at radius 2 is 2.05 bits per heavy atom. The zero-order chi connectivity index (χ0) is 14.5. The van der Waals surface area contributed by atoms with Crippen molar-refractivity contribution in [3.63, 3.8) is 0 Å². The third kappa shape index (κ3) is 3.70. The predicted octanol–water partition coefficient (Wildman–Crippen LogP) is 3.19. The molecule has 5 heteroatoms. The van der Waals surface area contributed by atoms with E-state index in [1.807, 2.05) is 6.92 Å². The van der Waals surface area contributed by atoms with E-state index < -0.39 is 0 Å². The molecule has 1 atom stereocenters. The van der Waals surface area contributed by atoms with Gasteiger partial charge in [0.15, 0.2) is 0 Å². The van der Waals surface area contributed by atoms with Gasteiger partial charge in [-0.15, -0.1) is 0 Å². The highest BCUT2D eigenvalue weighted by Crippen LogP contribution is 2.21. The third-order valence-corrected chi connectivity index (χ3v) is 4.02. The van der Waals surface area contributed by atoms with Crippen molar-refractivity contribution in [1.29, 1.82) is 0 Å². The van der Waals surface area contributed by atoms with Gasteiger partial charge in [-0.25, -0.2) is 0 Å². The molecule has 0 bridgehead atoms. The van der Waals surface area contributed by atoms with Crippen LogP contribution in [0.15, 0.2) is 18.2 Å². The number of piperidine rings is 1. The Balaban J connectivity index is 1.91. The fourth-order valence-electron chi connectivity index (χ4n) is 2.71. The van der Waals surface area contributed by atoms with Crippen molar-refractivity contribution in [2.24, 2.45) is 0 Å². The van der Waals surface area contributed by atoms with Crippen LogP contribution >= 0.6 is 0 Å². The van der Waals surface area contributed by atoms with Crippen LogP contribution < -0.4 is 5.32 Å².